The van der Waals surface area contributed by atoms with Crippen molar-refractivity contribution in [2.75, 3.05) is 60.0 Å². The minimum atomic E-state index is 0.539. The van der Waals surface area contributed by atoms with Crippen LogP contribution in [0.15, 0.2) is 0 Å². The molecule has 3 rings (SSSR count). The summed E-state index contributed by atoms with van der Waals surface area (Å²) in [7, 11) is 4.10. The zero-order chi connectivity index (χ0) is 13.9. The van der Waals surface area contributed by atoms with Gasteiger partial charge in [0.1, 0.15) is 0 Å². The number of methoxy groups -OCH3 is 1. The van der Waals surface area contributed by atoms with E-state index in [1.54, 1.807) is 0 Å². The molecule has 0 aromatic carbocycles. The Morgan fingerprint density at radius 2 is 1.60 bits per heavy atom. The number of hydrogen-bond donors (Lipinski definition) is 0. The van der Waals surface area contributed by atoms with Crippen molar-refractivity contribution < 1.29 is 4.74 Å². The molecule has 0 aromatic heterocycles. The van der Waals surface area contributed by atoms with Crippen LogP contribution in [-0.4, -0.2) is 86.8 Å². The first kappa shape index (κ1) is 14.8. The van der Waals surface area contributed by atoms with Crippen LogP contribution in [0.3, 0.4) is 0 Å². The van der Waals surface area contributed by atoms with E-state index >= 15 is 0 Å². The van der Waals surface area contributed by atoms with Crippen molar-refractivity contribution in [1.82, 2.24) is 14.7 Å². The van der Waals surface area contributed by atoms with E-state index in [2.05, 4.69) is 21.7 Å². The Balaban J connectivity index is 1.34. The predicted molar refractivity (Wildman–Crippen MR) is 82.1 cm³/mol. The van der Waals surface area contributed by atoms with Crippen LogP contribution in [-0.2, 0) is 4.74 Å². The highest BCUT2D eigenvalue weighted by atomic mass is 16.5. The Kier molecular flexibility index (Phi) is 4.97. The number of ether oxygens (including phenoxy) is 1. The van der Waals surface area contributed by atoms with E-state index in [-0.39, 0.29) is 0 Å². The fraction of sp³-hybridized carbons (Fsp3) is 1.00. The highest BCUT2D eigenvalue weighted by Gasteiger charge is 2.35. The van der Waals surface area contributed by atoms with Gasteiger partial charge in [-0.1, -0.05) is 0 Å². The van der Waals surface area contributed by atoms with Crippen LogP contribution in [0.5, 0.6) is 0 Å². The Morgan fingerprint density at radius 1 is 0.950 bits per heavy atom. The van der Waals surface area contributed by atoms with Gasteiger partial charge < -0.3 is 14.5 Å². The normalized spacial score (nSPS) is 35.1. The van der Waals surface area contributed by atoms with E-state index in [0.717, 1.165) is 12.0 Å². The summed E-state index contributed by atoms with van der Waals surface area (Å²) in [4.78, 5) is 7.87. The molecule has 0 spiro atoms. The monoisotopic (exact) mass is 281 g/mol. The molecule has 4 heteroatoms. The maximum absolute atomic E-state index is 5.40. The number of hydrogen-bond acceptors (Lipinski definition) is 4. The quantitative estimate of drug-likeness (QED) is 0.769. The van der Waals surface area contributed by atoms with Gasteiger partial charge in [-0.05, 0) is 51.7 Å². The van der Waals surface area contributed by atoms with Gasteiger partial charge in [0.25, 0.3) is 0 Å². The Labute approximate surface area is 124 Å². The van der Waals surface area contributed by atoms with Crippen molar-refractivity contribution in [1.29, 1.82) is 0 Å². The van der Waals surface area contributed by atoms with Gasteiger partial charge in [0, 0.05) is 45.9 Å². The first-order chi connectivity index (χ1) is 9.74. The van der Waals surface area contributed by atoms with E-state index in [1.807, 2.05) is 7.11 Å². The first-order valence-corrected chi connectivity index (χ1v) is 8.42. The minimum absolute atomic E-state index is 0.539. The number of piperazine rings is 1. The molecule has 0 atom stereocenters. The summed E-state index contributed by atoms with van der Waals surface area (Å²) in [6.45, 7) is 9.03. The third-order valence-corrected chi connectivity index (χ3v) is 5.68. The van der Waals surface area contributed by atoms with Crippen molar-refractivity contribution in [3.05, 3.63) is 0 Å². The highest BCUT2D eigenvalue weighted by Crippen LogP contribution is 2.28. The van der Waals surface area contributed by atoms with E-state index < -0.39 is 0 Å². The number of rotatable bonds is 4. The van der Waals surface area contributed by atoms with Gasteiger partial charge in [-0.25, -0.2) is 0 Å². The van der Waals surface area contributed by atoms with Crippen LogP contribution in [0, 0.1) is 5.92 Å². The molecule has 0 amide bonds. The van der Waals surface area contributed by atoms with Gasteiger partial charge >= 0.3 is 0 Å². The zero-order valence-electron chi connectivity index (χ0n) is 13.3. The minimum Gasteiger partial charge on any atom is -0.381 e. The summed E-state index contributed by atoms with van der Waals surface area (Å²) < 4.78 is 5.40. The lowest BCUT2D eigenvalue weighted by Crippen LogP contribution is -2.56. The summed E-state index contributed by atoms with van der Waals surface area (Å²) >= 11 is 0. The third-order valence-electron chi connectivity index (χ3n) is 5.68. The first-order valence-electron chi connectivity index (χ1n) is 8.42. The van der Waals surface area contributed by atoms with Crippen molar-refractivity contribution in [2.24, 2.45) is 5.92 Å². The molecule has 0 N–H and O–H groups in total. The maximum Gasteiger partial charge on any atom is 0.0601 e. The fourth-order valence-corrected chi connectivity index (χ4v) is 3.95. The smallest absolute Gasteiger partial charge is 0.0601 e. The number of nitrogens with zero attached hydrogens (tertiary/aromatic N) is 3. The van der Waals surface area contributed by atoms with Crippen LogP contribution in [0.1, 0.15) is 25.7 Å². The summed E-state index contributed by atoms with van der Waals surface area (Å²) in [5.41, 5.74) is 0. The summed E-state index contributed by atoms with van der Waals surface area (Å²) in [6, 6.07) is 0.811. The average Bonchev–Trinajstić information content (AvgIpc) is 2.42. The van der Waals surface area contributed by atoms with Crippen LogP contribution < -0.4 is 0 Å². The summed E-state index contributed by atoms with van der Waals surface area (Å²) in [6.07, 6.45) is 5.85. The standard InChI is InChI=1S/C16H31N3O/c1-17-5-3-14(4-6-17)13-18-7-9-19(10-8-18)15-11-16(12-15)20-2/h14-16H,3-13H2,1-2H3. The summed E-state index contributed by atoms with van der Waals surface area (Å²) in [5, 5.41) is 0. The van der Waals surface area contributed by atoms with E-state index in [4.69, 9.17) is 4.74 Å². The molecule has 1 saturated carbocycles. The average molecular weight is 281 g/mol. The molecular formula is C16H31N3O. The fourth-order valence-electron chi connectivity index (χ4n) is 3.95. The van der Waals surface area contributed by atoms with Gasteiger partial charge in [0.2, 0.25) is 0 Å². The second-order valence-corrected chi connectivity index (χ2v) is 7.07. The lowest BCUT2D eigenvalue weighted by Gasteiger charge is -2.46. The molecule has 0 bridgehead atoms. The molecule has 2 saturated heterocycles. The van der Waals surface area contributed by atoms with Crippen molar-refractivity contribution in [3.63, 3.8) is 0 Å². The molecule has 4 nitrogen and oxygen atoms in total. The Hall–Kier alpha value is -0.160. The number of piperidine rings is 1. The van der Waals surface area contributed by atoms with Crippen molar-refractivity contribution in [2.45, 2.75) is 37.8 Å². The van der Waals surface area contributed by atoms with E-state index in [0.29, 0.717) is 6.10 Å². The van der Waals surface area contributed by atoms with E-state index in [1.165, 1.54) is 71.5 Å². The molecule has 3 aliphatic rings. The zero-order valence-corrected chi connectivity index (χ0v) is 13.3. The van der Waals surface area contributed by atoms with Crippen LogP contribution in [0.4, 0.5) is 0 Å². The Morgan fingerprint density at radius 3 is 2.20 bits per heavy atom. The molecule has 0 unspecified atom stereocenters. The third kappa shape index (κ3) is 3.53. The Bertz CT molecular complexity index is 290. The molecule has 116 valence electrons. The molecule has 20 heavy (non-hydrogen) atoms. The SMILES string of the molecule is COC1CC(N2CCN(CC3CCN(C)CC3)CC2)C1. The predicted octanol–water partition coefficient (Wildman–Crippen LogP) is 1.12. The van der Waals surface area contributed by atoms with Gasteiger partial charge in [0.05, 0.1) is 6.10 Å². The van der Waals surface area contributed by atoms with Gasteiger partial charge in [-0.2, -0.15) is 0 Å². The largest absolute Gasteiger partial charge is 0.381 e. The molecule has 1 aliphatic carbocycles. The van der Waals surface area contributed by atoms with Crippen molar-refractivity contribution in [3.8, 4) is 0 Å². The second kappa shape index (κ2) is 6.73. The van der Waals surface area contributed by atoms with Gasteiger partial charge in [0.15, 0.2) is 0 Å². The summed E-state index contributed by atoms with van der Waals surface area (Å²) in [5.74, 6) is 0.944. The second-order valence-electron chi connectivity index (χ2n) is 7.07. The topological polar surface area (TPSA) is 19.0 Å². The van der Waals surface area contributed by atoms with E-state index in [9.17, 15) is 0 Å². The van der Waals surface area contributed by atoms with Gasteiger partial charge in [-0.15, -0.1) is 0 Å². The van der Waals surface area contributed by atoms with Crippen molar-refractivity contribution >= 4 is 0 Å². The molecule has 0 aromatic rings. The molecule has 2 heterocycles. The maximum atomic E-state index is 5.40. The number of likely N-dealkylation sites (tertiary alicyclic amines) is 1. The highest BCUT2D eigenvalue weighted by molar-refractivity contribution is 4.90. The van der Waals surface area contributed by atoms with Gasteiger partial charge in [-0.3, -0.25) is 4.90 Å². The molecular weight excluding hydrogens is 250 g/mol. The molecule has 3 fully saturated rings. The van der Waals surface area contributed by atoms with Crippen LogP contribution in [0.2, 0.25) is 0 Å². The molecule has 0 radical (unpaired) electrons. The molecule has 2 aliphatic heterocycles. The van der Waals surface area contributed by atoms with Crippen LogP contribution in [0.25, 0.3) is 0 Å². The van der Waals surface area contributed by atoms with Crippen LogP contribution >= 0.6 is 0 Å². The lowest BCUT2D eigenvalue weighted by atomic mass is 9.87. The lowest BCUT2D eigenvalue weighted by molar-refractivity contribution is -0.0417.